The number of nitrogens with one attached hydrogen (secondary N) is 1. The van der Waals surface area contributed by atoms with Gasteiger partial charge in [0.1, 0.15) is 5.82 Å². The van der Waals surface area contributed by atoms with E-state index in [4.69, 9.17) is 17.2 Å². The largest absolute Gasteiger partial charge is 0.383 e. The number of urea groups is 1. The molecule has 7 N–H and O–H groups in total. The minimum Gasteiger partial charge on any atom is -0.383 e. The fourth-order valence-electron chi connectivity index (χ4n) is 4.53. The number of carbonyl (C=O) groups excluding carboxylic acids is 2. The fraction of sp³-hybridized carbons (Fsp3) is 0.192. The van der Waals surface area contributed by atoms with Crippen LogP contribution >= 0.6 is 11.3 Å². The molecule has 1 aliphatic rings. The highest BCUT2D eigenvalue weighted by molar-refractivity contribution is 7.18. The number of hydrogen-bond acceptors (Lipinski definition) is 7. The van der Waals surface area contributed by atoms with Crippen LogP contribution in [0.25, 0.3) is 21.2 Å². The Kier molecular flexibility index (Phi) is 6.55. The third-order valence-electron chi connectivity index (χ3n) is 6.27. The molecular weight excluding hydrogens is 474 g/mol. The molecule has 0 spiro atoms. The van der Waals surface area contributed by atoms with Crippen LogP contribution in [0.15, 0.2) is 60.1 Å². The van der Waals surface area contributed by atoms with Gasteiger partial charge in [-0.1, -0.05) is 24.3 Å². The zero-order chi connectivity index (χ0) is 25.2. The molecule has 3 amide bonds. The Hall–Kier alpha value is -3.99. The van der Waals surface area contributed by atoms with Crippen LogP contribution in [0.4, 0.5) is 22.0 Å². The van der Waals surface area contributed by atoms with Crippen LogP contribution in [0.2, 0.25) is 0 Å². The van der Waals surface area contributed by atoms with Gasteiger partial charge in [-0.15, -0.1) is 11.3 Å². The first kappa shape index (κ1) is 23.7. The van der Waals surface area contributed by atoms with Crippen LogP contribution in [0.5, 0.6) is 0 Å². The summed E-state index contributed by atoms with van der Waals surface area (Å²) in [5.74, 6) is 0.496. The lowest BCUT2D eigenvalue weighted by atomic mass is 10.0. The van der Waals surface area contributed by atoms with Gasteiger partial charge >= 0.3 is 6.03 Å². The smallest absolute Gasteiger partial charge is 0.323 e. The van der Waals surface area contributed by atoms with Crippen LogP contribution < -0.4 is 27.4 Å². The topological polar surface area (TPSA) is 144 Å². The number of benzene rings is 2. The molecule has 2 aromatic carbocycles. The van der Waals surface area contributed by atoms with E-state index < -0.39 is 6.03 Å². The van der Waals surface area contributed by atoms with Gasteiger partial charge in [-0.2, -0.15) is 0 Å². The molecule has 0 bridgehead atoms. The Labute approximate surface area is 212 Å². The highest BCUT2D eigenvalue weighted by atomic mass is 32.1. The van der Waals surface area contributed by atoms with E-state index in [0.717, 1.165) is 38.9 Å². The van der Waals surface area contributed by atoms with Crippen molar-refractivity contribution in [2.45, 2.75) is 13.1 Å². The Bertz CT molecular complexity index is 1430. The van der Waals surface area contributed by atoms with Gasteiger partial charge in [-0.25, -0.2) is 9.78 Å². The molecule has 4 aromatic rings. The summed E-state index contributed by atoms with van der Waals surface area (Å²) >= 11 is 1.61. The van der Waals surface area contributed by atoms with E-state index in [1.807, 2.05) is 48.5 Å². The minimum atomic E-state index is -0.581. The van der Waals surface area contributed by atoms with Gasteiger partial charge in [-0.3, -0.25) is 14.6 Å². The predicted octanol–water partition coefficient (Wildman–Crippen LogP) is 3.15. The normalized spacial score (nSPS) is 14.1. The van der Waals surface area contributed by atoms with E-state index in [0.29, 0.717) is 43.4 Å². The van der Waals surface area contributed by atoms with Crippen molar-refractivity contribution in [3.8, 4) is 11.1 Å². The van der Waals surface area contributed by atoms with Crippen molar-refractivity contribution in [3.05, 3.63) is 71.2 Å². The number of nitrogen functional groups attached to an aromatic ring is 1. The molecule has 0 radical (unpaired) electrons. The summed E-state index contributed by atoms with van der Waals surface area (Å²) in [6.07, 6.45) is 1.80. The van der Waals surface area contributed by atoms with E-state index in [2.05, 4.69) is 20.6 Å². The molecule has 1 saturated heterocycles. The first-order valence-electron chi connectivity index (χ1n) is 11.6. The average molecular weight is 502 g/mol. The lowest BCUT2D eigenvalue weighted by Crippen LogP contribution is -2.47. The number of aromatic nitrogens is 1. The number of primary amides is 1. The number of anilines is 3. The number of pyridine rings is 1. The molecule has 0 aliphatic carbocycles. The monoisotopic (exact) mass is 501 g/mol. The van der Waals surface area contributed by atoms with Crippen LogP contribution in [-0.4, -0.2) is 41.5 Å². The second-order valence-electron chi connectivity index (χ2n) is 8.68. The molecular formula is C26H27N7O2S. The highest BCUT2D eigenvalue weighted by Gasteiger charge is 2.20. The Morgan fingerprint density at radius 3 is 2.69 bits per heavy atom. The second-order valence-corrected chi connectivity index (χ2v) is 9.56. The Balaban J connectivity index is 1.47. The maximum Gasteiger partial charge on any atom is 0.323 e. The van der Waals surface area contributed by atoms with Gasteiger partial charge in [0.25, 0.3) is 0 Å². The van der Waals surface area contributed by atoms with E-state index in [9.17, 15) is 9.59 Å². The van der Waals surface area contributed by atoms with E-state index in [-0.39, 0.29) is 5.91 Å². The summed E-state index contributed by atoms with van der Waals surface area (Å²) in [4.78, 5) is 32.1. The fourth-order valence-corrected chi connectivity index (χ4v) is 5.62. The SMILES string of the molecule is NCc1cccc(N(C(N)=O)c2ccc(-c3csc4c(CN5CCNC(=O)C5)cnc(N)c34)cc2)c1. The molecule has 1 fully saturated rings. The molecule has 0 unspecified atom stereocenters. The van der Waals surface area contributed by atoms with Crippen molar-refractivity contribution in [1.82, 2.24) is 15.2 Å². The van der Waals surface area contributed by atoms with Crippen molar-refractivity contribution in [2.75, 3.05) is 30.3 Å². The predicted molar refractivity (Wildman–Crippen MR) is 144 cm³/mol. The molecule has 184 valence electrons. The average Bonchev–Trinajstić information content (AvgIpc) is 3.33. The summed E-state index contributed by atoms with van der Waals surface area (Å²) in [5.41, 5.74) is 23.0. The summed E-state index contributed by atoms with van der Waals surface area (Å²) in [5, 5.41) is 5.82. The van der Waals surface area contributed by atoms with Crippen molar-refractivity contribution >= 4 is 50.6 Å². The standard InChI is InChI=1S/C26H27N7O2S/c27-11-16-2-1-3-20(10-16)33(26(29)35)19-6-4-17(5-7-19)21-15-36-24-18(12-31-25(28)23(21)24)13-32-9-8-30-22(34)14-32/h1-7,10,12,15H,8-9,11,13-14,27H2,(H2,28,31)(H2,29,35)(H,30,34). The van der Waals surface area contributed by atoms with E-state index >= 15 is 0 Å². The molecule has 2 aromatic heterocycles. The maximum atomic E-state index is 12.3. The number of carbonyl (C=O) groups is 2. The van der Waals surface area contributed by atoms with Crippen molar-refractivity contribution in [3.63, 3.8) is 0 Å². The van der Waals surface area contributed by atoms with Crippen molar-refractivity contribution in [2.24, 2.45) is 11.5 Å². The Morgan fingerprint density at radius 1 is 1.17 bits per heavy atom. The zero-order valence-electron chi connectivity index (χ0n) is 19.6. The molecule has 5 rings (SSSR count). The zero-order valence-corrected chi connectivity index (χ0v) is 20.4. The van der Waals surface area contributed by atoms with Gasteiger partial charge in [0, 0.05) is 53.6 Å². The first-order valence-corrected chi connectivity index (χ1v) is 12.4. The maximum absolute atomic E-state index is 12.3. The lowest BCUT2D eigenvalue weighted by Gasteiger charge is -2.26. The number of amides is 3. The number of piperazine rings is 1. The molecule has 0 atom stereocenters. The third kappa shape index (κ3) is 4.61. The second kappa shape index (κ2) is 9.94. The van der Waals surface area contributed by atoms with E-state index in [1.54, 1.807) is 17.5 Å². The molecule has 36 heavy (non-hydrogen) atoms. The minimum absolute atomic E-state index is 0.0348. The van der Waals surface area contributed by atoms with Crippen LogP contribution in [0.3, 0.4) is 0 Å². The first-order chi connectivity index (χ1) is 17.4. The van der Waals surface area contributed by atoms with E-state index in [1.165, 1.54) is 4.90 Å². The van der Waals surface area contributed by atoms with Crippen LogP contribution in [0, 0.1) is 0 Å². The lowest BCUT2D eigenvalue weighted by molar-refractivity contribution is -0.124. The summed E-state index contributed by atoms with van der Waals surface area (Å²) in [6.45, 7) is 2.81. The molecule has 3 heterocycles. The highest BCUT2D eigenvalue weighted by Crippen LogP contribution is 2.39. The quantitative estimate of drug-likeness (QED) is 0.320. The van der Waals surface area contributed by atoms with Crippen LogP contribution in [-0.2, 0) is 17.9 Å². The Morgan fingerprint density at radius 2 is 1.97 bits per heavy atom. The van der Waals surface area contributed by atoms with Gasteiger partial charge in [-0.05, 0) is 40.8 Å². The summed E-state index contributed by atoms with van der Waals surface area (Å²) < 4.78 is 1.06. The number of thiophene rings is 1. The van der Waals surface area contributed by atoms with Gasteiger partial charge in [0.05, 0.1) is 17.9 Å². The van der Waals surface area contributed by atoms with Crippen LogP contribution in [0.1, 0.15) is 11.1 Å². The third-order valence-corrected chi connectivity index (χ3v) is 7.33. The van der Waals surface area contributed by atoms with Gasteiger partial charge in [0.2, 0.25) is 5.91 Å². The molecule has 1 aliphatic heterocycles. The summed E-state index contributed by atoms with van der Waals surface area (Å²) in [7, 11) is 0. The number of rotatable bonds is 6. The van der Waals surface area contributed by atoms with Gasteiger partial charge < -0.3 is 22.5 Å². The number of nitrogens with two attached hydrogens (primary N) is 3. The molecule has 10 heteroatoms. The van der Waals surface area contributed by atoms with Crippen molar-refractivity contribution in [1.29, 1.82) is 0 Å². The molecule has 9 nitrogen and oxygen atoms in total. The summed E-state index contributed by atoms with van der Waals surface area (Å²) in [6, 6.07) is 14.5. The number of hydrogen-bond donors (Lipinski definition) is 4. The van der Waals surface area contributed by atoms with Gasteiger partial charge in [0.15, 0.2) is 0 Å². The molecule has 0 saturated carbocycles. The van der Waals surface area contributed by atoms with Crippen molar-refractivity contribution < 1.29 is 9.59 Å². The number of fused-ring (bicyclic) bond motifs is 1. The number of nitrogens with zero attached hydrogens (tertiary/aromatic N) is 3.